The fraction of sp³-hybridized carbons (Fsp3) is 0.0952. The van der Waals surface area contributed by atoms with E-state index in [9.17, 15) is 18.0 Å². The van der Waals surface area contributed by atoms with Crippen LogP contribution in [-0.2, 0) is 6.18 Å². The lowest BCUT2D eigenvalue weighted by molar-refractivity contribution is -0.143. The SMILES string of the molecule is COc1nccc2c(-n3nc(-c4cc(Cl)c(-n5nccn5)s4)c(C(N)=O)c3C(F)(F)F)cccc12. The highest BCUT2D eigenvalue weighted by molar-refractivity contribution is 7.18. The Balaban J connectivity index is 1.82. The van der Waals surface area contributed by atoms with E-state index in [1.165, 1.54) is 54.8 Å². The van der Waals surface area contributed by atoms with Crippen molar-refractivity contribution in [2.24, 2.45) is 5.73 Å². The molecule has 2 N–H and O–H groups in total. The number of fused-ring (bicyclic) bond motifs is 1. The molecule has 9 nitrogen and oxygen atoms in total. The Hall–Kier alpha value is -3.97. The quantitative estimate of drug-likeness (QED) is 0.365. The van der Waals surface area contributed by atoms with Crippen molar-refractivity contribution >= 4 is 39.6 Å². The van der Waals surface area contributed by atoms with Crippen LogP contribution in [0.4, 0.5) is 13.2 Å². The van der Waals surface area contributed by atoms with E-state index in [-0.39, 0.29) is 27.2 Å². The van der Waals surface area contributed by atoms with E-state index in [1.54, 1.807) is 6.07 Å². The first-order valence-electron chi connectivity index (χ1n) is 9.79. The number of carbonyl (C=O) groups excluding carboxylic acids is 1. The van der Waals surface area contributed by atoms with Crippen LogP contribution < -0.4 is 10.5 Å². The van der Waals surface area contributed by atoms with Gasteiger partial charge in [-0.25, -0.2) is 9.67 Å². The summed E-state index contributed by atoms with van der Waals surface area (Å²) in [7, 11) is 1.40. The Kier molecular flexibility index (Phi) is 5.44. The second-order valence-electron chi connectivity index (χ2n) is 7.12. The highest BCUT2D eigenvalue weighted by Gasteiger charge is 2.43. The lowest BCUT2D eigenvalue weighted by Crippen LogP contribution is -2.21. The second-order valence-corrected chi connectivity index (χ2v) is 8.56. The number of rotatable bonds is 5. The summed E-state index contributed by atoms with van der Waals surface area (Å²) in [6, 6.07) is 7.55. The van der Waals surface area contributed by atoms with Gasteiger partial charge >= 0.3 is 6.18 Å². The van der Waals surface area contributed by atoms with Gasteiger partial charge < -0.3 is 10.5 Å². The fourth-order valence-electron chi connectivity index (χ4n) is 3.70. The first kappa shape index (κ1) is 22.8. The average Bonchev–Trinajstić information content (AvgIpc) is 3.55. The zero-order valence-electron chi connectivity index (χ0n) is 17.6. The summed E-state index contributed by atoms with van der Waals surface area (Å²) >= 11 is 7.26. The number of hydrogen-bond acceptors (Lipinski definition) is 7. The maximum absolute atomic E-state index is 14.4. The molecule has 0 fully saturated rings. The van der Waals surface area contributed by atoms with E-state index in [1.807, 2.05) is 0 Å². The van der Waals surface area contributed by atoms with Crippen molar-refractivity contribution in [3.05, 3.63) is 65.2 Å². The Bertz CT molecular complexity index is 1580. The number of benzene rings is 1. The van der Waals surface area contributed by atoms with Gasteiger partial charge in [0.05, 0.1) is 40.7 Å². The second kappa shape index (κ2) is 8.36. The van der Waals surface area contributed by atoms with Crippen molar-refractivity contribution in [2.75, 3.05) is 7.11 Å². The van der Waals surface area contributed by atoms with E-state index in [2.05, 4.69) is 20.3 Å². The number of ether oxygens (including phenoxy) is 1. The van der Waals surface area contributed by atoms with Crippen LogP contribution in [0.2, 0.25) is 5.02 Å². The summed E-state index contributed by atoms with van der Waals surface area (Å²) in [6.07, 6.45) is -0.725. The Morgan fingerprint density at radius 3 is 2.54 bits per heavy atom. The molecule has 4 aromatic heterocycles. The Morgan fingerprint density at radius 2 is 1.89 bits per heavy atom. The summed E-state index contributed by atoms with van der Waals surface area (Å²) < 4.78 is 49.1. The van der Waals surface area contributed by atoms with Crippen molar-refractivity contribution in [1.29, 1.82) is 0 Å². The molecule has 0 aliphatic heterocycles. The molecule has 1 amide bonds. The summed E-state index contributed by atoms with van der Waals surface area (Å²) in [4.78, 5) is 17.9. The normalized spacial score (nSPS) is 11.8. The predicted octanol–water partition coefficient (Wildman–Crippen LogP) is 4.51. The van der Waals surface area contributed by atoms with E-state index >= 15 is 0 Å². The average molecular weight is 520 g/mol. The largest absolute Gasteiger partial charge is 0.481 e. The summed E-state index contributed by atoms with van der Waals surface area (Å²) in [5, 5.41) is 13.5. The molecule has 0 atom stereocenters. The number of halogens is 4. The van der Waals surface area contributed by atoms with Crippen LogP contribution in [0.1, 0.15) is 16.1 Å². The molecule has 35 heavy (non-hydrogen) atoms. The van der Waals surface area contributed by atoms with Gasteiger partial charge in [-0.1, -0.05) is 17.7 Å². The molecule has 0 radical (unpaired) electrons. The van der Waals surface area contributed by atoms with Crippen LogP contribution >= 0.6 is 22.9 Å². The minimum Gasteiger partial charge on any atom is -0.481 e. The first-order chi connectivity index (χ1) is 16.7. The Labute approximate surface area is 203 Å². The fourth-order valence-corrected chi connectivity index (χ4v) is 5.03. The van der Waals surface area contributed by atoms with Crippen LogP contribution in [0.15, 0.2) is 48.9 Å². The number of aromatic nitrogens is 6. The zero-order valence-corrected chi connectivity index (χ0v) is 19.2. The molecule has 5 rings (SSSR count). The van der Waals surface area contributed by atoms with Gasteiger partial charge in [-0.05, 0) is 24.3 Å². The summed E-state index contributed by atoms with van der Waals surface area (Å²) in [6.45, 7) is 0. The summed E-state index contributed by atoms with van der Waals surface area (Å²) in [5.41, 5.74) is 3.15. The number of nitrogens with two attached hydrogens (primary N) is 1. The number of alkyl halides is 3. The molecule has 5 aromatic rings. The number of primary amides is 1. The van der Waals surface area contributed by atoms with Crippen LogP contribution in [0.25, 0.3) is 32.0 Å². The van der Waals surface area contributed by atoms with Crippen LogP contribution in [0, 0.1) is 0 Å². The lowest BCUT2D eigenvalue weighted by atomic mass is 10.1. The minimum atomic E-state index is -4.97. The highest BCUT2D eigenvalue weighted by atomic mass is 35.5. The van der Waals surface area contributed by atoms with Crippen LogP contribution in [0.3, 0.4) is 0 Å². The van der Waals surface area contributed by atoms with Crippen molar-refractivity contribution in [3.63, 3.8) is 0 Å². The minimum absolute atomic E-state index is 0.0564. The molecule has 1 aromatic carbocycles. The molecule has 4 heterocycles. The van der Waals surface area contributed by atoms with Gasteiger partial charge in [-0.2, -0.15) is 28.5 Å². The number of nitrogens with zero attached hydrogens (tertiary/aromatic N) is 6. The first-order valence-corrected chi connectivity index (χ1v) is 11.0. The number of hydrogen-bond donors (Lipinski definition) is 1. The lowest BCUT2D eigenvalue weighted by Gasteiger charge is -2.14. The molecule has 0 saturated carbocycles. The van der Waals surface area contributed by atoms with Gasteiger partial charge in [0.2, 0.25) is 5.88 Å². The van der Waals surface area contributed by atoms with Crippen molar-refractivity contribution < 1.29 is 22.7 Å². The summed E-state index contributed by atoms with van der Waals surface area (Å²) in [5.74, 6) is -1.07. The predicted molar refractivity (Wildman–Crippen MR) is 122 cm³/mol. The van der Waals surface area contributed by atoms with Crippen molar-refractivity contribution in [3.8, 4) is 27.1 Å². The monoisotopic (exact) mass is 519 g/mol. The molecule has 0 unspecified atom stereocenters. The molecule has 0 bridgehead atoms. The topological polar surface area (TPSA) is 114 Å². The van der Waals surface area contributed by atoms with E-state index in [0.717, 1.165) is 11.3 Å². The van der Waals surface area contributed by atoms with Crippen molar-refractivity contribution in [2.45, 2.75) is 6.18 Å². The van der Waals surface area contributed by atoms with Gasteiger partial charge in [-0.15, -0.1) is 16.1 Å². The van der Waals surface area contributed by atoms with Gasteiger partial charge in [0.15, 0.2) is 10.7 Å². The van der Waals surface area contributed by atoms with Crippen LogP contribution in [0.5, 0.6) is 5.88 Å². The number of amides is 1. The highest BCUT2D eigenvalue weighted by Crippen LogP contribution is 2.43. The van der Waals surface area contributed by atoms with E-state index in [0.29, 0.717) is 20.5 Å². The molecule has 14 heteroatoms. The number of methoxy groups -OCH3 is 1. The molecule has 0 aliphatic carbocycles. The maximum atomic E-state index is 14.4. The third kappa shape index (κ3) is 3.78. The van der Waals surface area contributed by atoms with Crippen molar-refractivity contribution in [1.82, 2.24) is 29.8 Å². The molecule has 178 valence electrons. The molecule has 0 saturated heterocycles. The Morgan fingerprint density at radius 1 is 1.14 bits per heavy atom. The van der Waals surface area contributed by atoms with E-state index < -0.39 is 23.3 Å². The smallest absolute Gasteiger partial charge is 0.434 e. The van der Waals surface area contributed by atoms with Crippen LogP contribution in [-0.4, -0.2) is 42.8 Å². The maximum Gasteiger partial charge on any atom is 0.434 e. The number of pyridine rings is 1. The molecule has 0 aliphatic rings. The molecular formula is C21H13ClF3N7O2S. The third-order valence-electron chi connectivity index (χ3n) is 5.07. The number of carbonyl (C=O) groups is 1. The third-order valence-corrected chi connectivity index (χ3v) is 6.58. The molecule has 0 spiro atoms. The molecular weight excluding hydrogens is 507 g/mol. The zero-order chi connectivity index (χ0) is 24.9. The van der Waals surface area contributed by atoms with Gasteiger partial charge in [-0.3, -0.25) is 4.79 Å². The number of thiophene rings is 1. The van der Waals surface area contributed by atoms with Gasteiger partial charge in [0.25, 0.3) is 5.91 Å². The van der Waals surface area contributed by atoms with E-state index in [4.69, 9.17) is 22.1 Å². The van der Waals surface area contributed by atoms with Gasteiger partial charge in [0, 0.05) is 17.0 Å². The standard InChI is InChI=1S/C21H13ClF3N7O2S/c1-34-19-11-3-2-4-13(10(11)5-6-27-19)31-17(21(23,24)25)15(18(26)33)16(30-31)14-9-12(22)20(35-14)32-28-7-8-29-32/h2-9H,1H3,(H2,26,33). The van der Waals surface area contributed by atoms with Gasteiger partial charge in [0.1, 0.15) is 5.69 Å².